The van der Waals surface area contributed by atoms with Crippen molar-refractivity contribution in [1.29, 1.82) is 0 Å². The third-order valence-corrected chi connectivity index (χ3v) is 5.83. The van der Waals surface area contributed by atoms with Gasteiger partial charge in [0.05, 0.1) is 5.92 Å². The Morgan fingerprint density at radius 3 is 2.63 bits per heavy atom. The molecule has 0 saturated carbocycles. The average molecular weight is 405 g/mol. The molecular weight excluding hydrogens is 378 g/mol. The highest BCUT2D eigenvalue weighted by Crippen LogP contribution is 2.26. The number of carbonyl (C=O) groups is 3. The van der Waals surface area contributed by atoms with Crippen molar-refractivity contribution >= 4 is 29.1 Å². The molecule has 3 amide bonds. The van der Waals surface area contributed by atoms with Crippen LogP contribution in [0.15, 0.2) is 48.5 Å². The first kappa shape index (κ1) is 20.1. The van der Waals surface area contributed by atoms with E-state index in [-0.39, 0.29) is 30.1 Å². The highest BCUT2D eigenvalue weighted by molar-refractivity contribution is 6.03. The number of piperidine rings is 1. The topological polar surface area (TPSA) is 69.7 Å². The van der Waals surface area contributed by atoms with E-state index in [9.17, 15) is 14.4 Å². The summed E-state index contributed by atoms with van der Waals surface area (Å²) < 4.78 is 0. The zero-order valence-corrected chi connectivity index (χ0v) is 17.3. The van der Waals surface area contributed by atoms with Gasteiger partial charge in [-0.25, -0.2) is 0 Å². The number of nitrogens with zero attached hydrogens (tertiary/aromatic N) is 2. The van der Waals surface area contributed by atoms with Crippen LogP contribution in [0.3, 0.4) is 0 Å². The summed E-state index contributed by atoms with van der Waals surface area (Å²) >= 11 is 0. The number of rotatable bonds is 5. The largest absolute Gasteiger partial charge is 0.338 e. The number of nitrogens with one attached hydrogen (secondary N) is 1. The van der Waals surface area contributed by atoms with E-state index in [1.807, 2.05) is 60.4 Å². The number of carbonyl (C=O) groups excluding carboxylic acids is 3. The lowest BCUT2D eigenvalue weighted by Gasteiger charge is -2.27. The highest BCUT2D eigenvalue weighted by atomic mass is 16.2. The Bertz CT molecular complexity index is 954. The number of anilines is 2. The molecule has 2 aromatic rings. The minimum atomic E-state index is -0.383. The van der Waals surface area contributed by atoms with E-state index in [0.717, 1.165) is 36.2 Å². The first-order valence-electron chi connectivity index (χ1n) is 10.5. The Balaban J connectivity index is 1.38. The van der Waals surface area contributed by atoms with Gasteiger partial charge >= 0.3 is 0 Å². The molecule has 1 atom stereocenters. The van der Waals surface area contributed by atoms with E-state index in [0.29, 0.717) is 25.2 Å². The minimum Gasteiger partial charge on any atom is -0.338 e. The van der Waals surface area contributed by atoms with Crippen LogP contribution in [0, 0.1) is 12.8 Å². The molecule has 0 spiro atoms. The summed E-state index contributed by atoms with van der Waals surface area (Å²) in [6.07, 6.45) is 2.83. The van der Waals surface area contributed by atoms with Crippen molar-refractivity contribution < 1.29 is 14.4 Å². The molecule has 0 radical (unpaired) electrons. The summed E-state index contributed by atoms with van der Waals surface area (Å²) in [5, 5.41) is 2.95. The molecule has 2 aromatic carbocycles. The summed E-state index contributed by atoms with van der Waals surface area (Å²) in [5.74, 6) is -0.372. The molecule has 0 aromatic heterocycles. The van der Waals surface area contributed by atoms with Crippen molar-refractivity contribution in [3.8, 4) is 0 Å². The Labute approximate surface area is 176 Å². The van der Waals surface area contributed by atoms with Crippen molar-refractivity contribution in [1.82, 2.24) is 4.90 Å². The predicted molar refractivity (Wildman–Crippen MR) is 116 cm³/mol. The van der Waals surface area contributed by atoms with E-state index in [1.54, 1.807) is 4.90 Å². The molecule has 2 saturated heterocycles. The van der Waals surface area contributed by atoms with Crippen molar-refractivity contribution in [2.24, 2.45) is 5.92 Å². The van der Waals surface area contributed by atoms with Crippen molar-refractivity contribution in [2.75, 3.05) is 23.3 Å². The van der Waals surface area contributed by atoms with Crippen LogP contribution in [-0.4, -0.2) is 35.7 Å². The summed E-state index contributed by atoms with van der Waals surface area (Å²) in [4.78, 5) is 40.8. The molecule has 6 heteroatoms. The quantitative estimate of drug-likeness (QED) is 0.828. The third-order valence-electron chi connectivity index (χ3n) is 5.83. The Morgan fingerprint density at radius 2 is 1.87 bits per heavy atom. The normalized spacial score (nSPS) is 19.3. The van der Waals surface area contributed by atoms with Gasteiger partial charge in [0.2, 0.25) is 17.7 Å². The Morgan fingerprint density at radius 1 is 1.07 bits per heavy atom. The van der Waals surface area contributed by atoms with E-state index >= 15 is 0 Å². The Kier molecular flexibility index (Phi) is 5.84. The zero-order valence-electron chi connectivity index (χ0n) is 17.3. The van der Waals surface area contributed by atoms with E-state index < -0.39 is 0 Å². The highest BCUT2D eigenvalue weighted by Gasteiger charge is 2.35. The SMILES string of the molecule is Cc1ccc(N2CC(C(=O)Nc3cccc(CN4CCCCC4=O)c3)CC2=O)cc1. The van der Waals surface area contributed by atoms with Gasteiger partial charge in [0.1, 0.15) is 0 Å². The van der Waals surface area contributed by atoms with Gasteiger partial charge in [-0.15, -0.1) is 0 Å². The van der Waals surface area contributed by atoms with Crippen LogP contribution in [0.25, 0.3) is 0 Å². The lowest BCUT2D eigenvalue weighted by atomic mass is 10.1. The van der Waals surface area contributed by atoms with Crippen molar-refractivity contribution in [2.45, 2.75) is 39.2 Å². The smallest absolute Gasteiger partial charge is 0.229 e. The maximum absolute atomic E-state index is 12.8. The van der Waals surface area contributed by atoms with Gasteiger partial charge in [-0.05, 0) is 49.6 Å². The maximum atomic E-state index is 12.8. The summed E-state index contributed by atoms with van der Waals surface area (Å²) in [7, 11) is 0. The first-order valence-corrected chi connectivity index (χ1v) is 10.5. The number of hydrogen-bond acceptors (Lipinski definition) is 3. The van der Waals surface area contributed by atoms with Crippen LogP contribution >= 0.6 is 0 Å². The van der Waals surface area contributed by atoms with Gasteiger partial charge in [0.15, 0.2) is 0 Å². The first-order chi connectivity index (χ1) is 14.5. The molecule has 30 heavy (non-hydrogen) atoms. The fourth-order valence-corrected chi connectivity index (χ4v) is 4.10. The van der Waals surface area contributed by atoms with Gasteiger partial charge in [0.25, 0.3) is 0 Å². The molecule has 2 heterocycles. The molecule has 2 aliphatic heterocycles. The lowest BCUT2D eigenvalue weighted by Crippen LogP contribution is -2.34. The second-order valence-corrected chi connectivity index (χ2v) is 8.20. The molecule has 2 aliphatic rings. The molecule has 1 N–H and O–H groups in total. The number of aryl methyl sites for hydroxylation is 1. The molecule has 6 nitrogen and oxygen atoms in total. The summed E-state index contributed by atoms with van der Waals surface area (Å²) in [6.45, 7) is 3.73. The van der Waals surface area contributed by atoms with Gasteiger partial charge in [0, 0.05) is 43.9 Å². The number of benzene rings is 2. The maximum Gasteiger partial charge on any atom is 0.229 e. The van der Waals surface area contributed by atoms with Gasteiger partial charge < -0.3 is 15.1 Å². The molecular formula is C24H27N3O3. The fraction of sp³-hybridized carbons (Fsp3) is 0.375. The molecule has 2 fully saturated rings. The van der Waals surface area contributed by atoms with Crippen LogP contribution < -0.4 is 10.2 Å². The van der Waals surface area contributed by atoms with Gasteiger partial charge in [-0.1, -0.05) is 29.8 Å². The van der Waals surface area contributed by atoms with Crippen LogP contribution in [0.2, 0.25) is 0 Å². The second kappa shape index (κ2) is 8.69. The summed E-state index contributed by atoms with van der Waals surface area (Å²) in [5.41, 5.74) is 3.65. The molecule has 0 bridgehead atoms. The van der Waals surface area contributed by atoms with Gasteiger partial charge in [-0.2, -0.15) is 0 Å². The Hall–Kier alpha value is -3.15. The van der Waals surface area contributed by atoms with Gasteiger partial charge in [-0.3, -0.25) is 14.4 Å². The van der Waals surface area contributed by atoms with E-state index in [1.165, 1.54) is 0 Å². The van der Waals surface area contributed by atoms with Crippen LogP contribution in [0.5, 0.6) is 0 Å². The van der Waals surface area contributed by atoms with Crippen molar-refractivity contribution in [3.63, 3.8) is 0 Å². The standard InChI is InChI=1S/C24H27N3O3/c1-17-8-10-21(11-9-17)27-16-19(14-23(27)29)24(30)25-20-6-4-5-18(13-20)15-26-12-3-2-7-22(26)28/h4-6,8-11,13,19H,2-3,7,12,14-16H2,1H3,(H,25,30). The molecule has 1 unspecified atom stereocenters. The zero-order chi connectivity index (χ0) is 21.1. The fourth-order valence-electron chi connectivity index (χ4n) is 4.10. The van der Waals surface area contributed by atoms with Crippen LogP contribution in [0.1, 0.15) is 36.8 Å². The van der Waals surface area contributed by atoms with Crippen LogP contribution in [-0.2, 0) is 20.9 Å². The lowest BCUT2D eigenvalue weighted by molar-refractivity contribution is -0.133. The van der Waals surface area contributed by atoms with Crippen LogP contribution in [0.4, 0.5) is 11.4 Å². The number of likely N-dealkylation sites (tertiary alicyclic amines) is 1. The predicted octanol–water partition coefficient (Wildman–Crippen LogP) is 3.50. The minimum absolute atomic E-state index is 0.0311. The number of hydrogen-bond donors (Lipinski definition) is 1. The van der Waals surface area contributed by atoms with E-state index in [4.69, 9.17) is 0 Å². The molecule has 156 valence electrons. The average Bonchev–Trinajstić information content (AvgIpc) is 3.12. The molecule has 4 rings (SSSR count). The summed E-state index contributed by atoms with van der Waals surface area (Å²) in [6, 6.07) is 15.4. The van der Waals surface area contributed by atoms with Crippen molar-refractivity contribution in [3.05, 3.63) is 59.7 Å². The monoisotopic (exact) mass is 405 g/mol. The second-order valence-electron chi connectivity index (χ2n) is 8.20. The molecule has 0 aliphatic carbocycles. The van der Waals surface area contributed by atoms with E-state index in [2.05, 4.69) is 5.32 Å². The number of amides is 3. The third kappa shape index (κ3) is 4.53.